The molecule has 0 radical (unpaired) electrons. The Morgan fingerprint density at radius 1 is 1.05 bits per heavy atom. The van der Waals surface area contributed by atoms with Gasteiger partial charge in [0, 0.05) is 12.1 Å². The molecular weight excluding hydrogens is 286 g/mol. The van der Waals surface area contributed by atoms with Crippen LogP contribution in [-0.2, 0) is 10.0 Å². The van der Waals surface area contributed by atoms with Gasteiger partial charge in [0.15, 0.2) is 0 Å². The van der Waals surface area contributed by atoms with Crippen molar-refractivity contribution in [3.63, 3.8) is 0 Å². The minimum absolute atomic E-state index is 0.0672. The van der Waals surface area contributed by atoms with Crippen LogP contribution in [0.4, 0.5) is 0 Å². The zero-order chi connectivity index (χ0) is 16.1. The van der Waals surface area contributed by atoms with Crippen LogP contribution in [0.2, 0.25) is 0 Å². The lowest BCUT2D eigenvalue weighted by Crippen LogP contribution is -2.63. The van der Waals surface area contributed by atoms with Crippen LogP contribution >= 0.6 is 0 Å². The number of hydrogen-bond donors (Lipinski definition) is 1. The third-order valence-electron chi connectivity index (χ3n) is 4.42. The summed E-state index contributed by atoms with van der Waals surface area (Å²) in [5, 5.41) is 9.37. The van der Waals surface area contributed by atoms with E-state index < -0.39 is 14.8 Å². The Hall–Kier alpha value is -0.130. The van der Waals surface area contributed by atoms with Crippen LogP contribution < -0.4 is 0 Å². The predicted octanol–water partition coefficient (Wildman–Crippen LogP) is 3.30. The zero-order valence-corrected chi connectivity index (χ0v) is 15.0. The van der Waals surface area contributed by atoms with Crippen LogP contribution in [0.1, 0.15) is 79.1 Å². The maximum Gasteiger partial charge on any atom is 0.219 e. The van der Waals surface area contributed by atoms with Crippen molar-refractivity contribution in [2.45, 2.75) is 95.9 Å². The van der Waals surface area contributed by atoms with Crippen molar-refractivity contribution in [2.75, 3.05) is 6.61 Å². The normalized spacial score (nSPS) is 24.0. The van der Waals surface area contributed by atoms with Gasteiger partial charge in [-0.25, -0.2) is 8.42 Å². The Bertz CT molecular complexity index is 400. The number of sulfonamides is 1. The first-order valence-electron chi connectivity index (χ1n) is 8.39. The molecule has 1 fully saturated rings. The van der Waals surface area contributed by atoms with Gasteiger partial charge in [-0.2, -0.15) is 4.31 Å². The topological polar surface area (TPSA) is 57.6 Å². The summed E-state index contributed by atoms with van der Waals surface area (Å²) >= 11 is 0. The molecule has 1 aliphatic rings. The minimum Gasteiger partial charge on any atom is -0.395 e. The van der Waals surface area contributed by atoms with Crippen molar-refractivity contribution >= 4 is 10.0 Å². The number of nitrogens with zero attached hydrogens (tertiary/aromatic N) is 1. The number of rotatable bonds is 9. The fourth-order valence-corrected chi connectivity index (χ4v) is 4.71. The Morgan fingerprint density at radius 2 is 1.62 bits per heavy atom. The highest BCUT2D eigenvalue weighted by Gasteiger charge is 2.49. The van der Waals surface area contributed by atoms with Crippen molar-refractivity contribution in [3.8, 4) is 0 Å². The molecule has 0 aliphatic carbocycles. The molecule has 1 aliphatic heterocycles. The molecule has 0 aromatic carbocycles. The van der Waals surface area contributed by atoms with Gasteiger partial charge in [0.25, 0.3) is 0 Å². The summed E-state index contributed by atoms with van der Waals surface area (Å²) in [5.41, 5.74) is 0. The van der Waals surface area contributed by atoms with E-state index in [4.69, 9.17) is 0 Å². The molecule has 2 atom stereocenters. The zero-order valence-electron chi connectivity index (χ0n) is 14.1. The summed E-state index contributed by atoms with van der Waals surface area (Å²) in [6.07, 6.45) is 9.07. The SMILES string of the molecule is CCCCCCCC[C@@H]1C[C@H](CO)N1S(=O)(=O)C(C)(C)C. The molecule has 5 heteroatoms. The Morgan fingerprint density at radius 3 is 2.14 bits per heavy atom. The molecule has 0 aromatic rings. The minimum atomic E-state index is -3.33. The lowest BCUT2D eigenvalue weighted by molar-refractivity contribution is 0.0504. The van der Waals surface area contributed by atoms with Gasteiger partial charge in [0.05, 0.1) is 11.4 Å². The molecule has 0 amide bonds. The van der Waals surface area contributed by atoms with E-state index in [9.17, 15) is 13.5 Å². The van der Waals surface area contributed by atoms with Crippen LogP contribution in [-0.4, -0.2) is 41.3 Å². The monoisotopic (exact) mass is 319 g/mol. The first-order chi connectivity index (χ1) is 9.75. The van der Waals surface area contributed by atoms with Gasteiger partial charge in [0.2, 0.25) is 10.0 Å². The molecule has 126 valence electrons. The third kappa shape index (κ3) is 4.67. The maximum absolute atomic E-state index is 12.6. The second kappa shape index (κ2) is 7.93. The van der Waals surface area contributed by atoms with Gasteiger partial charge in [0.1, 0.15) is 0 Å². The highest BCUT2D eigenvalue weighted by molar-refractivity contribution is 7.90. The lowest BCUT2D eigenvalue weighted by atomic mass is 9.92. The third-order valence-corrected chi connectivity index (χ3v) is 7.12. The molecule has 0 unspecified atom stereocenters. The number of unbranched alkanes of at least 4 members (excludes halogenated alkanes) is 5. The molecule has 21 heavy (non-hydrogen) atoms. The summed E-state index contributed by atoms with van der Waals surface area (Å²) in [6, 6.07) is -0.114. The predicted molar refractivity (Wildman–Crippen MR) is 87.8 cm³/mol. The van der Waals surface area contributed by atoms with E-state index in [1.165, 1.54) is 32.1 Å². The molecule has 1 heterocycles. The standard InChI is InChI=1S/C16H33NO3S/c1-5-6-7-8-9-10-11-14-12-15(13-18)17(14)21(19,20)16(2,3)4/h14-15,18H,5-13H2,1-4H3/t14-,15-/m1/s1. The quantitative estimate of drug-likeness (QED) is 0.663. The molecule has 0 spiro atoms. The van der Waals surface area contributed by atoms with E-state index in [-0.39, 0.29) is 18.7 Å². The highest BCUT2D eigenvalue weighted by Crippen LogP contribution is 2.37. The number of aliphatic hydroxyl groups excluding tert-OH is 1. The summed E-state index contributed by atoms with van der Waals surface area (Å²) in [6.45, 7) is 7.34. The van der Waals surface area contributed by atoms with Crippen molar-refractivity contribution in [2.24, 2.45) is 0 Å². The van der Waals surface area contributed by atoms with Gasteiger partial charge < -0.3 is 5.11 Å². The summed E-state index contributed by atoms with van der Waals surface area (Å²) in [7, 11) is -3.33. The number of aliphatic hydroxyl groups is 1. The summed E-state index contributed by atoms with van der Waals surface area (Å²) in [5.74, 6) is 0. The van der Waals surface area contributed by atoms with Crippen LogP contribution in [0.25, 0.3) is 0 Å². The van der Waals surface area contributed by atoms with E-state index >= 15 is 0 Å². The van der Waals surface area contributed by atoms with E-state index in [0.29, 0.717) is 0 Å². The largest absolute Gasteiger partial charge is 0.395 e. The van der Waals surface area contributed by atoms with Crippen LogP contribution in [0.3, 0.4) is 0 Å². The van der Waals surface area contributed by atoms with E-state index in [1.807, 2.05) is 0 Å². The van der Waals surface area contributed by atoms with Gasteiger partial charge in [-0.3, -0.25) is 0 Å². The van der Waals surface area contributed by atoms with E-state index in [2.05, 4.69) is 6.92 Å². The molecule has 1 saturated heterocycles. The van der Waals surface area contributed by atoms with Crippen molar-refractivity contribution in [1.82, 2.24) is 4.31 Å². The fourth-order valence-electron chi connectivity index (χ4n) is 2.95. The first-order valence-corrected chi connectivity index (χ1v) is 9.83. The van der Waals surface area contributed by atoms with Crippen LogP contribution in [0.5, 0.6) is 0 Å². The fraction of sp³-hybridized carbons (Fsp3) is 1.00. The molecule has 0 bridgehead atoms. The Balaban J connectivity index is 2.49. The van der Waals surface area contributed by atoms with Gasteiger partial charge in [-0.15, -0.1) is 0 Å². The molecule has 1 N–H and O–H groups in total. The lowest BCUT2D eigenvalue weighted by Gasteiger charge is -2.49. The molecule has 0 saturated carbocycles. The first kappa shape index (κ1) is 18.9. The highest BCUT2D eigenvalue weighted by atomic mass is 32.2. The van der Waals surface area contributed by atoms with Gasteiger partial charge >= 0.3 is 0 Å². The molecule has 1 rings (SSSR count). The van der Waals surface area contributed by atoms with Crippen molar-refractivity contribution < 1.29 is 13.5 Å². The van der Waals surface area contributed by atoms with Gasteiger partial charge in [-0.1, -0.05) is 45.4 Å². The number of hydrogen-bond acceptors (Lipinski definition) is 3. The van der Waals surface area contributed by atoms with Crippen molar-refractivity contribution in [3.05, 3.63) is 0 Å². The second-order valence-electron chi connectivity index (χ2n) is 7.23. The van der Waals surface area contributed by atoms with E-state index in [0.717, 1.165) is 19.3 Å². The second-order valence-corrected chi connectivity index (χ2v) is 9.83. The molecule has 0 aromatic heterocycles. The summed E-state index contributed by atoms with van der Waals surface area (Å²) in [4.78, 5) is 0. The van der Waals surface area contributed by atoms with Crippen molar-refractivity contribution in [1.29, 1.82) is 0 Å². The van der Waals surface area contributed by atoms with Crippen LogP contribution in [0, 0.1) is 0 Å². The Labute approximate surface area is 131 Å². The Kier molecular flexibility index (Phi) is 7.14. The van der Waals surface area contributed by atoms with E-state index in [1.54, 1.807) is 25.1 Å². The maximum atomic E-state index is 12.6. The van der Waals surface area contributed by atoms with Crippen LogP contribution in [0.15, 0.2) is 0 Å². The van der Waals surface area contributed by atoms with Gasteiger partial charge in [-0.05, 0) is 33.6 Å². The summed E-state index contributed by atoms with van der Waals surface area (Å²) < 4.78 is 26.0. The average molecular weight is 320 g/mol. The smallest absolute Gasteiger partial charge is 0.219 e. The average Bonchev–Trinajstić information content (AvgIpc) is 2.34. The molecule has 4 nitrogen and oxygen atoms in total. The molecular formula is C16H33NO3S.